The zero-order valence-corrected chi connectivity index (χ0v) is 21.9. The zero-order valence-electron chi connectivity index (χ0n) is 21.9. The average molecular weight is 441 g/mol. The minimum atomic E-state index is -0.709. The van der Waals surface area contributed by atoms with Crippen LogP contribution in [0.25, 0.3) is 0 Å². The van der Waals surface area contributed by atoms with E-state index in [0.29, 0.717) is 39.3 Å². The van der Waals surface area contributed by atoms with Gasteiger partial charge in [0.05, 0.1) is 5.60 Å². The number of rotatable bonds is 4. The number of ketones is 1. The molecule has 2 heteroatoms. The van der Waals surface area contributed by atoms with Crippen LogP contribution in [-0.2, 0) is 4.79 Å². The number of hydrogen-bond donors (Lipinski definition) is 1. The van der Waals surface area contributed by atoms with Crippen LogP contribution in [0.3, 0.4) is 0 Å². The molecule has 0 aromatic rings. The van der Waals surface area contributed by atoms with E-state index < -0.39 is 5.60 Å². The Morgan fingerprint density at radius 3 is 2.31 bits per heavy atom. The number of aliphatic hydroxyl groups is 1. The van der Waals surface area contributed by atoms with Crippen molar-refractivity contribution in [3.05, 3.63) is 12.2 Å². The van der Waals surface area contributed by atoms with E-state index in [9.17, 15) is 9.90 Å². The summed E-state index contributed by atoms with van der Waals surface area (Å²) in [5.74, 6) is 3.48. The van der Waals surface area contributed by atoms with Crippen LogP contribution >= 0.6 is 0 Å². The molecule has 2 nitrogen and oxygen atoms in total. The molecule has 0 saturated heterocycles. The van der Waals surface area contributed by atoms with Crippen LogP contribution in [0.5, 0.6) is 0 Å². The third-order valence-electron chi connectivity index (χ3n) is 12.6. The molecule has 32 heavy (non-hydrogen) atoms. The molecule has 0 heterocycles. The SMILES string of the molecule is CC(CC=CC(C)(C)O)C1CC[C@@]2(C)[C@H]3CC[C@H]4C(C)(C)C(=O)CC[C@@]45C[C@@]35CC[C@]12C. The number of carbonyl (C=O) groups is 1. The normalized spacial score (nSPS) is 50.4. The lowest BCUT2D eigenvalue weighted by atomic mass is 9.42. The van der Waals surface area contributed by atoms with Crippen LogP contribution in [0, 0.1) is 50.7 Å². The second kappa shape index (κ2) is 6.73. The van der Waals surface area contributed by atoms with E-state index in [-0.39, 0.29) is 5.41 Å². The van der Waals surface area contributed by atoms with Gasteiger partial charge in [0, 0.05) is 11.8 Å². The first-order chi connectivity index (χ1) is 14.7. The largest absolute Gasteiger partial charge is 0.386 e. The molecule has 5 aliphatic rings. The standard InChI is InChI=1S/C30H48O2/c1-20(9-8-14-25(2,3)32)21-12-15-28(7)23-11-10-22-26(4,5)24(31)13-16-29(22)19-30(23,29)18-17-27(21,28)6/h8,14,20-23,32H,9-13,15-19H2,1-7H3/t20?,21?,22-,23+,27+,28-,29+,30-/m0/s1. The van der Waals surface area contributed by atoms with Gasteiger partial charge >= 0.3 is 0 Å². The van der Waals surface area contributed by atoms with Gasteiger partial charge in [-0.15, -0.1) is 0 Å². The highest BCUT2D eigenvalue weighted by Crippen LogP contribution is 2.88. The molecular formula is C30H48O2. The van der Waals surface area contributed by atoms with Gasteiger partial charge in [0.25, 0.3) is 0 Å². The van der Waals surface area contributed by atoms with Crippen molar-refractivity contribution in [3.8, 4) is 0 Å². The molecule has 0 amide bonds. The highest BCUT2D eigenvalue weighted by molar-refractivity contribution is 5.86. The van der Waals surface area contributed by atoms with Gasteiger partial charge in [0.1, 0.15) is 5.78 Å². The van der Waals surface area contributed by atoms with Gasteiger partial charge in [-0.2, -0.15) is 0 Å². The third-order valence-corrected chi connectivity index (χ3v) is 12.6. The molecule has 5 fully saturated rings. The fraction of sp³-hybridized carbons (Fsp3) is 0.900. The maximum absolute atomic E-state index is 12.8. The lowest BCUT2D eigenvalue weighted by molar-refractivity contribution is -0.156. The van der Waals surface area contributed by atoms with Crippen LogP contribution in [0.2, 0.25) is 0 Å². The first kappa shape index (κ1) is 23.1. The Balaban J connectivity index is 1.40. The molecule has 5 saturated carbocycles. The summed E-state index contributed by atoms with van der Waals surface area (Å²) in [4.78, 5) is 12.8. The first-order valence-electron chi connectivity index (χ1n) is 13.7. The van der Waals surface area contributed by atoms with Crippen LogP contribution in [0.4, 0.5) is 0 Å². The average Bonchev–Trinajstić information content (AvgIpc) is 3.27. The summed E-state index contributed by atoms with van der Waals surface area (Å²) in [5, 5.41) is 10.1. The lowest BCUT2D eigenvalue weighted by Gasteiger charge is -2.62. The van der Waals surface area contributed by atoms with E-state index in [1.54, 1.807) is 0 Å². The molecule has 2 spiro atoms. The molecule has 5 rings (SSSR count). The van der Waals surface area contributed by atoms with Gasteiger partial charge in [0.15, 0.2) is 0 Å². The lowest BCUT2D eigenvalue weighted by Crippen LogP contribution is -2.57. The second-order valence-electron chi connectivity index (χ2n) is 14.6. The molecule has 0 bridgehead atoms. The van der Waals surface area contributed by atoms with Gasteiger partial charge in [-0.25, -0.2) is 0 Å². The summed E-state index contributed by atoms with van der Waals surface area (Å²) in [5.41, 5.74) is 1.09. The quantitative estimate of drug-likeness (QED) is 0.464. The summed E-state index contributed by atoms with van der Waals surface area (Å²) in [7, 11) is 0. The minimum Gasteiger partial charge on any atom is -0.386 e. The number of carbonyl (C=O) groups excluding carboxylic acids is 1. The number of hydrogen-bond acceptors (Lipinski definition) is 2. The van der Waals surface area contributed by atoms with Crippen molar-refractivity contribution in [2.24, 2.45) is 50.7 Å². The predicted molar refractivity (Wildman–Crippen MR) is 131 cm³/mol. The van der Waals surface area contributed by atoms with Crippen LogP contribution < -0.4 is 0 Å². The highest BCUT2D eigenvalue weighted by Gasteiger charge is 2.82. The molecule has 0 aliphatic heterocycles. The van der Waals surface area contributed by atoms with Crippen LogP contribution in [0.15, 0.2) is 12.2 Å². The van der Waals surface area contributed by atoms with Gasteiger partial charge in [-0.05, 0) is 117 Å². The molecule has 2 unspecified atom stereocenters. The van der Waals surface area contributed by atoms with E-state index >= 15 is 0 Å². The van der Waals surface area contributed by atoms with Gasteiger partial charge in [-0.1, -0.05) is 46.8 Å². The molecular weight excluding hydrogens is 392 g/mol. The Kier molecular flexibility index (Phi) is 4.87. The minimum absolute atomic E-state index is 0.103. The second-order valence-corrected chi connectivity index (χ2v) is 14.6. The Morgan fingerprint density at radius 1 is 0.969 bits per heavy atom. The Bertz CT molecular complexity index is 832. The Hall–Kier alpha value is -0.630. The number of Topliss-reactive ketones (excluding diaryl/α,β-unsaturated/α-hetero) is 1. The maximum Gasteiger partial charge on any atom is 0.138 e. The molecule has 5 aliphatic carbocycles. The topological polar surface area (TPSA) is 37.3 Å². The van der Waals surface area contributed by atoms with E-state index in [2.05, 4.69) is 40.7 Å². The van der Waals surface area contributed by atoms with E-state index in [4.69, 9.17) is 0 Å². The van der Waals surface area contributed by atoms with Gasteiger partial charge < -0.3 is 5.11 Å². The maximum atomic E-state index is 12.8. The van der Waals surface area contributed by atoms with Crippen LogP contribution in [-0.4, -0.2) is 16.5 Å². The number of fused-ring (bicyclic) bond motifs is 2. The fourth-order valence-corrected chi connectivity index (χ4v) is 10.9. The monoisotopic (exact) mass is 440 g/mol. The zero-order chi connectivity index (χ0) is 23.4. The van der Waals surface area contributed by atoms with Crippen molar-refractivity contribution in [1.29, 1.82) is 0 Å². The molecule has 0 aromatic heterocycles. The molecule has 8 atom stereocenters. The fourth-order valence-electron chi connectivity index (χ4n) is 10.9. The van der Waals surface area contributed by atoms with Crippen molar-refractivity contribution < 1.29 is 9.90 Å². The predicted octanol–water partition coefficient (Wildman–Crippen LogP) is 7.35. The molecule has 0 aromatic carbocycles. The van der Waals surface area contributed by atoms with Crippen molar-refractivity contribution in [3.63, 3.8) is 0 Å². The summed E-state index contributed by atoms with van der Waals surface area (Å²) in [6, 6.07) is 0. The third kappa shape index (κ3) is 2.77. The summed E-state index contributed by atoms with van der Waals surface area (Å²) in [6.07, 6.45) is 16.9. The first-order valence-corrected chi connectivity index (χ1v) is 13.7. The Morgan fingerprint density at radius 2 is 1.62 bits per heavy atom. The van der Waals surface area contributed by atoms with Gasteiger partial charge in [0.2, 0.25) is 0 Å². The van der Waals surface area contributed by atoms with Crippen molar-refractivity contribution >= 4 is 5.78 Å². The number of allylic oxidation sites excluding steroid dienone is 1. The smallest absolute Gasteiger partial charge is 0.138 e. The molecule has 180 valence electrons. The summed E-state index contributed by atoms with van der Waals surface area (Å²) >= 11 is 0. The van der Waals surface area contributed by atoms with E-state index in [1.165, 1.54) is 51.4 Å². The molecule has 1 N–H and O–H groups in total. The van der Waals surface area contributed by atoms with E-state index in [1.807, 2.05) is 19.9 Å². The van der Waals surface area contributed by atoms with Crippen molar-refractivity contribution in [2.45, 2.75) is 118 Å². The van der Waals surface area contributed by atoms with Crippen molar-refractivity contribution in [1.82, 2.24) is 0 Å². The van der Waals surface area contributed by atoms with Gasteiger partial charge in [-0.3, -0.25) is 4.79 Å². The Labute approximate surface area is 197 Å². The summed E-state index contributed by atoms with van der Waals surface area (Å²) in [6.45, 7) is 16.1. The van der Waals surface area contributed by atoms with Crippen LogP contribution in [0.1, 0.15) is 113 Å². The highest BCUT2D eigenvalue weighted by atomic mass is 16.3. The summed E-state index contributed by atoms with van der Waals surface area (Å²) < 4.78 is 0. The van der Waals surface area contributed by atoms with E-state index in [0.717, 1.165) is 24.7 Å². The molecule has 0 radical (unpaired) electrons. The van der Waals surface area contributed by atoms with Crippen molar-refractivity contribution in [2.75, 3.05) is 0 Å².